The van der Waals surface area contributed by atoms with Crippen molar-refractivity contribution in [3.05, 3.63) is 0 Å². The molecule has 0 N–H and O–H groups in total. The van der Waals surface area contributed by atoms with Crippen LogP contribution in [0.1, 0.15) is 41.0 Å². The van der Waals surface area contributed by atoms with E-state index in [0.717, 1.165) is 0 Å². The van der Waals surface area contributed by atoms with Gasteiger partial charge in [0.2, 0.25) is 0 Å². The van der Waals surface area contributed by atoms with Crippen LogP contribution in [0.2, 0.25) is 0 Å². The Bertz CT molecular complexity index is 268. The van der Waals surface area contributed by atoms with Crippen molar-refractivity contribution in [3.63, 3.8) is 0 Å². The van der Waals surface area contributed by atoms with Gasteiger partial charge < -0.3 is 14.2 Å². The lowest BCUT2D eigenvalue weighted by Crippen LogP contribution is -2.40. The largest absolute Gasteiger partial charge is 0.465 e. The summed E-state index contributed by atoms with van der Waals surface area (Å²) in [6, 6.07) is 0. The average molecular weight is 274 g/mol. The summed E-state index contributed by atoms with van der Waals surface area (Å²) < 4.78 is 15.3. The van der Waals surface area contributed by atoms with Crippen LogP contribution in [0, 0.1) is 11.3 Å². The predicted octanol–water partition coefficient (Wildman–Crippen LogP) is 2.18. The fourth-order valence-corrected chi connectivity index (χ4v) is 1.46. The average Bonchev–Trinajstić information content (AvgIpc) is 2.34. The molecular formula is C14H26O5. The van der Waals surface area contributed by atoms with Gasteiger partial charge in [-0.15, -0.1) is 0 Å². The number of rotatable bonds is 9. The molecule has 0 heterocycles. The van der Waals surface area contributed by atoms with Gasteiger partial charge in [0.1, 0.15) is 0 Å². The molecule has 0 atom stereocenters. The summed E-state index contributed by atoms with van der Waals surface area (Å²) in [5, 5.41) is 0. The van der Waals surface area contributed by atoms with Crippen LogP contribution in [0.4, 0.5) is 0 Å². The van der Waals surface area contributed by atoms with Gasteiger partial charge in [0, 0.05) is 13.2 Å². The topological polar surface area (TPSA) is 61.8 Å². The summed E-state index contributed by atoms with van der Waals surface area (Å²) in [4.78, 5) is 23.9. The van der Waals surface area contributed by atoms with Gasteiger partial charge in [0.15, 0.2) is 5.41 Å². The van der Waals surface area contributed by atoms with Gasteiger partial charge in [-0.3, -0.25) is 9.59 Å². The van der Waals surface area contributed by atoms with Gasteiger partial charge in [-0.05, 0) is 33.1 Å². The number of ether oxygens (including phenoxy) is 3. The molecule has 0 saturated heterocycles. The number of esters is 2. The maximum atomic E-state index is 11.9. The molecule has 5 heteroatoms. The molecule has 0 aliphatic heterocycles. The minimum absolute atomic E-state index is 0.237. The summed E-state index contributed by atoms with van der Waals surface area (Å²) in [5.41, 5.74) is -1.29. The minimum atomic E-state index is -1.29. The van der Waals surface area contributed by atoms with Crippen molar-refractivity contribution in [3.8, 4) is 0 Å². The van der Waals surface area contributed by atoms with Crippen LogP contribution in [-0.2, 0) is 23.8 Å². The number of hydrogen-bond acceptors (Lipinski definition) is 5. The highest BCUT2D eigenvalue weighted by Gasteiger charge is 2.43. The van der Waals surface area contributed by atoms with Crippen molar-refractivity contribution < 1.29 is 23.8 Å². The molecule has 0 radical (unpaired) electrons. The lowest BCUT2D eigenvalue weighted by molar-refractivity contribution is -0.172. The zero-order valence-electron chi connectivity index (χ0n) is 12.7. The fraction of sp³-hybridized carbons (Fsp3) is 0.857. The zero-order valence-corrected chi connectivity index (χ0v) is 12.7. The first-order valence-corrected chi connectivity index (χ1v) is 6.80. The maximum absolute atomic E-state index is 11.9. The quantitative estimate of drug-likeness (QED) is 0.366. The molecule has 0 aliphatic carbocycles. The Morgan fingerprint density at radius 3 is 1.89 bits per heavy atom. The summed E-state index contributed by atoms with van der Waals surface area (Å²) in [6.45, 7) is 10.4. The highest BCUT2D eigenvalue weighted by atomic mass is 16.6. The van der Waals surface area contributed by atoms with Crippen LogP contribution in [0.15, 0.2) is 0 Å². The molecule has 0 saturated carbocycles. The number of carbonyl (C=O) groups excluding carboxylic acids is 2. The number of hydrogen-bond donors (Lipinski definition) is 0. The second kappa shape index (κ2) is 8.91. The van der Waals surface area contributed by atoms with Crippen LogP contribution < -0.4 is 0 Å². The minimum Gasteiger partial charge on any atom is -0.465 e. The Morgan fingerprint density at radius 2 is 1.53 bits per heavy atom. The van der Waals surface area contributed by atoms with Crippen molar-refractivity contribution >= 4 is 11.9 Å². The second-order valence-electron chi connectivity index (χ2n) is 4.99. The summed E-state index contributed by atoms with van der Waals surface area (Å²) in [6.07, 6.45) is 0.261. The normalized spacial score (nSPS) is 11.5. The Labute approximate surface area is 115 Å². The maximum Gasteiger partial charge on any atom is 0.323 e. The van der Waals surface area contributed by atoms with Gasteiger partial charge in [-0.2, -0.15) is 0 Å². The summed E-state index contributed by atoms with van der Waals surface area (Å²) >= 11 is 0. The first kappa shape index (κ1) is 17.9. The van der Waals surface area contributed by atoms with Crippen molar-refractivity contribution in [2.45, 2.75) is 41.0 Å². The molecule has 19 heavy (non-hydrogen) atoms. The lowest BCUT2D eigenvalue weighted by atomic mass is 9.87. The first-order chi connectivity index (χ1) is 8.88. The molecule has 0 aromatic rings. The first-order valence-electron chi connectivity index (χ1n) is 6.80. The molecular weight excluding hydrogens is 248 g/mol. The van der Waals surface area contributed by atoms with E-state index >= 15 is 0 Å². The van der Waals surface area contributed by atoms with Crippen molar-refractivity contribution in [2.75, 3.05) is 26.4 Å². The fourth-order valence-electron chi connectivity index (χ4n) is 1.46. The van der Waals surface area contributed by atoms with E-state index < -0.39 is 17.4 Å². The van der Waals surface area contributed by atoms with E-state index in [-0.39, 0.29) is 19.6 Å². The van der Waals surface area contributed by atoms with E-state index in [4.69, 9.17) is 14.2 Å². The molecule has 0 aromatic carbocycles. The van der Waals surface area contributed by atoms with E-state index in [1.807, 2.05) is 13.8 Å². The second-order valence-corrected chi connectivity index (χ2v) is 4.99. The van der Waals surface area contributed by atoms with E-state index in [9.17, 15) is 9.59 Å². The highest BCUT2D eigenvalue weighted by molar-refractivity contribution is 5.99. The van der Waals surface area contributed by atoms with Crippen LogP contribution in [0.3, 0.4) is 0 Å². The molecule has 112 valence electrons. The molecule has 0 fully saturated rings. The van der Waals surface area contributed by atoms with Gasteiger partial charge in [0.25, 0.3) is 0 Å². The van der Waals surface area contributed by atoms with E-state index in [1.54, 1.807) is 20.8 Å². The van der Waals surface area contributed by atoms with E-state index in [2.05, 4.69) is 0 Å². The Hall–Kier alpha value is -1.10. The molecule has 0 unspecified atom stereocenters. The van der Waals surface area contributed by atoms with Crippen LogP contribution >= 0.6 is 0 Å². The zero-order chi connectivity index (χ0) is 14.9. The van der Waals surface area contributed by atoms with Crippen LogP contribution in [-0.4, -0.2) is 38.4 Å². The highest BCUT2D eigenvalue weighted by Crippen LogP contribution is 2.25. The predicted molar refractivity (Wildman–Crippen MR) is 71.6 cm³/mol. The Kier molecular flexibility index (Phi) is 8.39. The third-order valence-electron chi connectivity index (χ3n) is 2.65. The van der Waals surface area contributed by atoms with Gasteiger partial charge >= 0.3 is 11.9 Å². The Balaban J connectivity index is 4.57. The smallest absolute Gasteiger partial charge is 0.323 e. The van der Waals surface area contributed by atoms with Crippen molar-refractivity contribution in [1.29, 1.82) is 0 Å². The molecule has 0 spiro atoms. The molecule has 0 rings (SSSR count). The van der Waals surface area contributed by atoms with Crippen LogP contribution in [0.25, 0.3) is 0 Å². The lowest BCUT2D eigenvalue weighted by Gasteiger charge is -2.24. The molecule has 0 bridgehead atoms. The summed E-state index contributed by atoms with van der Waals surface area (Å²) in [5.74, 6) is -0.695. The summed E-state index contributed by atoms with van der Waals surface area (Å²) in [7, 11) is 0. The van der Waals surface area contributed by atoms with Crippen molar-refractivity contribution in [2.24, 2.45) is 11.3 Å². The number of carbonyl (C=O) groups is 2. The van der Waals surface area contributed by atoms with Crippen molar-refractivity contribution in [1.82, 2.24) is 0 Å². The van der Waals surface area contributed by atoms with Gasteiger partial charge in [0.05, 0.1) is 13.2 Å². The van der Waals surface area contributed by atoms with E-state index in [1.165, 1.54) is 0 Å². The SMILES string of the molecule is CCOC(=O)C(C)(CCOCC(C)C)C(=O)OCC. The third kappa shape index (κ3) is 6.05. The molecule has 0 aromatic heterocycles. The Morgan fingerprint density at radius 1 is 1.05 bits per heavy atom. The third-order valence-corrected chi connectivity index (χ3v) is 2.65. The monoisotopic (exact) mass is 274 g/mol. The molecule has 0 aliphatic rings. The van der Waals surface area contributed by atoms with E-state index in [0.29, 0.717) is 19.1 Å². The van der Waals surface area contributed by atoms with Gasteiger partial charge in [-0.25, -0.2) is 0 Å². The van der Waals surface area contributed by atoms with Gasteiger partial charge in [-0.1, -0.05) is 13.8 Å². The molecule has 0 amide bonds. The molecule has 5 nitrogen and oxygen atoms in total. The standard InChI is InChI=1S/C14H26O5/c1-6-18-12(15)14(5,13(16)19-7-2)8-9-17-10-11(3)4/h11H,6-10H2,1-5H3. The van der Waals surface area contributed by atoms with Crippen LogP contribution in [0.5, 0.6) is 0 Å².